The van der Waals surface area contributed by atoms with Gasteiger partial charge in [0.2, 0.25) is 5.88 Å². The van der Waals surface area contributed by atoms with Gasteiger partial charge in [-0.2, -0.15) is 4.98 Å². The summed E-state index contributed by atoms with van der Waals surface area (Å²) < 4.78 is 6.65. The van der Waals surface area contributed by atoms with Gasteiger partial charge in [0.15, 0.2) is 0 Å². The monoisotopic (exact) mass is 190 g/mol. The van der Waals surface area contributed by atoms with Crippen LogP contribution in [0.5, 0.6) is 5.88 Å². The minimum Gasteiger partial charge on any atom is -0.478 e. The van der Waals surface area contributed by atoms with Crippen molar-refractivity contribution < 1.29 is 4.74 Å². The fraction of sp³-hybridized carbons (Fsp3) is 0.200. The molecule has 2 rings (SSSR count). The molecule has 0 saturated heterocycles. The van der Waals surface area contributed by atoms with Crippen molar-refractivity contribution in [3.8, 4) is 5.88 Å². The lowest BCUT2D eigenvalue weighted by molar-refractivity contribution is 0.326. The van der Waals surface area contributed by atoms with Crippen molar-refractivity contribution in [1.82, 2.24) is 9.38 Å². The summed E-state index contributed by atoms with van der Waals surface area (Å²) in [6, 6.07) is 6.77. The SMILES string of the molecule is CCOc1cc(=O)n2ccccc2n1. The van der Waals surface area contributed by atoms with E-state index < -0.39 is 0 Å². The van der Waals surface area contributed by atoms with Crippen LogP contribution in [0.4, 0.5) is 0 Å². The number of nitrogens with zero attached hydrogens (tertiary/aromatic N) is 2. The van der Waals surface area contributed by atoms with Crippen LogP contribution in [0, 0.1) is 0 Å². The number of ether oxygens (including phenoxy) is 1. The molecule has 2 aromatic heterocycles. The highest BCUT2D eigenvalue weighted by Gasteiger charge is 2.00. The molecule has 2 heterocycles. The molecule has 0 amide bonds. The second kappa shape index (κ2) is 3.49. The van der Waals surface area contributed by atoms with Crippen molar-refractivity contribution in [2.75, 3.05) is 6.61 Å². The molecule has 0 radical (unpaired) electrons. The number of hydrogen-bond donors (Lipinski definition) is 0. The zero-order valence-electron chi connectivity index (χ0n) is 7.80. The predicted molar refractivity (Wildman–Crippen MR) is 52.6 cm³/mol. The van der Waals surface area contributed by atoms with E-state index in [9.17, 15) is 4.79 Å². The van der Waals surface area contributed by atoms with Crippen molar-refractivity contribution in [2.24, 2.45) is 0 Å². The van der Waals surface area contributed by atoms with Crippen LogP contribution in [0.3, 0.4) is 0 Å². The lowest BCUT2D eigenvalue weighted by atomic mass is 10.4. The molecule has 0 fully saturated rings. The van der Waals surface area contributed by atoms with E-state index in [1.165, 1.54) is 10.5 Å². The Balaban J connectivity index is 2.66. The summed E-state index contributed by atoms with van der Waals surface area (Å²) in [5.41, 5.74) is 0.475. The van der Waals surface area contributed by atoms with Gasteiger partial charge >= 0.3 is 0 Å². The molecule has 0 aliphatic heterocycles. The largest absolute Gasteiger partial charge is 0.478 e. The molecule has 0 unspecified atom stereocenters. The van der Waals surface area contributed by atoms with Crippen LogP contribution in [-0.4, -0.2) is 16.0 Å². The molecule has 0 spiro atoms. The molecule has 0 aromatic carbocycles. The Bertz CT molecular complexity index is 505. The zero-order chi connectivity index (χ0) is 9.97. The average Bonchev–Trinajstić information content (AvgIpc) is 2.18. The van der Waals surface area contributed by atoms with Crippen molar-refractivity contribution in [3.63, 3.8) is 0 Å². The quantitative estimate of drug-likeness (QED) is 0.712. The van der Waals surface area contributed by atoms with Crippen LogP contribution in [0.15, 0.2) is 35.3 Å². The summed E-state index contributed by atoms with van der Waals surface area (Å²) >= 11 is 0. The molecule has 0 N–H and O–H groups in total. The molecular formula is C10H10N2O2. The maximum Gasteiger partial charge on any atom is 0.261 e. The topological polar surface area (TPSA) is 43.6 Å². The van der Waals surface area contributed by atoms with Gasteiger partial charge in [-0.15, -0.1) is 0 Å². The summed E-state index contributed by atoms with van der Waals surface area (Å²) in [5.74, 6) is 0.378. The van der Waals surface area contributed by atoms with Crippen molar-refractivity contribution >= 4 is 5.65 Å². The number of hydrogen-bond acceptors (Lipinski definition) is 3. The van der Waals surface area contributed by atoms with Gasteiger partial charge in [-0.1, -0.05) is 6.07 Å². The number of pyridine rings is 1. The van der Waals surface area contributed by atoms with E-state index in [1.807, 2.05) is 13.0 Å². The Labute approximate surface area is 80.8 Å². The minimum atomic E-state index is -0.126. The van der Waals surface area contributed by atoms with Gasteiger partial charge in [0.05, 0.1) is 12.7 Å². The first kappa shape index (κ1) is 8.74. The molecule has 0 aliphatic carbocycles. The smallest absolute Gasteiger partial charge is 0.261 e. The van der Waals surface area contributed by atoms with Crippen LogP contribution in [0.25, 0.3) is 5.65 Å². The first-order chi connectivity index (χ1) is 6.81. The van der Waals surface area contributed by atoms with Gasteiger partial charge in [0, 0.05) is 6.20 Å². The Morgan fingerprint density at radius 2 is 2.36 bits per heavy atom. The fourth-order valence-electron chi connectivity index (χ4n) is 1.25. The molecule has 0 aliphatic rings. The second-order valence-corrected chi connectivity index (χ2v) is 2.79. The Kier molecular flexibility index (Phi) is 2.18. The molecule has 0 bridgehead atoms. The molecule has 14 heavy (non-hydrogen) atoms. The summed E-state index contributed by atoms with van der Waals surface area (Å²) in [6.07, 6.45) is 1.68. The van der Waals surface area contributed by atoms with Gasteiger partial charge in [-0.3, -0.25) is 9.20 Å². The first-order valence-corrected chi connectivity index (χ1v) is 4.42. The van der Waals surface area contributed by atoms with Gasteiger partial charge in [0.1, 0.15) is 5.65 Å². The number of aromatic nitrogens is 2. The Morgan fingerprint density at radius 3 is 3.14 bits per heavy atom. The van der Waals surface area contributed by atoms with E-state index in [4.69, 9.17) is 4.74 Å². The predicted octanol–water partition coefficient (Wildman–Crippen LogP) is 1.09. The lowest BCUT2D eigenvalue weighted by Crippen LogP contribution is -2.14. The van der Waals surface area contributed by atoms with E-state index in [2.05, 4.69) is 4.98 Å². The number of fused-ring (bicyclic) bond motifs is 1. The summed E-state index contributed by atoms with van der Waals surface area (Å²) in [4.78, 5) is 15.7. The third-order valence-corrected chi connectivity index (χ3v) is 1.84. The van der Waals surface area contributed by atoms with Crippen LogP contribution < -0.4 is 10.3 Å². The minimum absolute atomic E-state index is 0.126. The van der Waals surface area contributed by atoms with Gasteiger partial charge in [-0.25, -0.2) is 0 Å². The summed E-state index contributed by atoms with van der Waals surface area (Å²) in [5, 5.41) is 0. The second-order valence-electron chi connectivity index (χ2n) is 2.79. The average molecular weight is 190 g/mol. The van der Waals surface area contributed by atoms with E-state index >= 15 is 0 Å². The molecule has 2 aromatic rings. The van der Waals surface area contributed by atoms with E-state index in [0.717, 1.165) is 0 Å². The van der Waals surface area contributed by atoms with E-state index in [-0.39, 0.29) is 5.56 Å². The van der Waals surface area contributed by atoms with Crippen LogP contribution >= 0.6 is 0 Å². The summed E-state index contributed by atoms with van der Waals surface area (Å²) in [6.45, 7) is 2.37. The standard InChI is InChI=1S/C10H10N2O2/c1-2-14-9-7-10(13)12-6-4-3-5-8(12)11-9/h3-7H,2H2,1H3. The van der Waals surface area contributed by atoms with E-state index in [0.29, 0.717) is 18.1 Å². The highest BCUT2D eigenvalue weighted by molar-refractivity contribution is 5.39. The molecular weight excluding hydrogens is 180 g/mol. The maximum atomic E-state index is 11.5. The van der Waals surface area contributed by atoms with Crippen molar-refractivity contribution in [2.45, 2.75) is 6.92 Å². The molecule has 4 nitrogen and oxygen atoms in total. The highest BCUT2D eigenvalue weighted by Crippen LogP contribution is 2.04. The highest BCUT2D eigenvalue weighted by atomic mass is 16.5. The molecule has 0 saturated carbocycles. The molecule has 0 atom stereocenters. The lowest BCUT2D eigenvalue weighted by Gasteiger charge is -2.03. The molecule has 4 heteroatoms. The van der Waals surface area contributed by atoms with Gasteiger partial charge in [0.25, 0.3) is 5.56 Å². The van der Waals surface area contributed by atoms with Crippen LogP contribution in [-0.2, 0) is 0 Å². The third kappa shape index (κ3) is 1.46. The summed E-state index contributed by atoms with van der Waals surface area (Å²) in [7, 11) is 0. The number of rotatable bonds is 2. The normalized spacial score (nSPS) is 10.4. The van der Waals surface area contributed by atoms with Crippen LogP contribution in [0.1, 0.15) is 6.92 Å². The van der Waals surface area contributed by atoms with Crippen LogP contribution in [0.2, 0.25) is 0 Å². The van der Waals surface area contributed by atoms with Gasteiger partial charge in [-0.05, 0) is 19.1 Å². The van der Waals surface area contributed by atoms with Crippen molar-refractivity contribution in [3.05, 3.63) is 40.8 Å². The molecule has 72 valence electrons. The fourth-order valence-corrected chi connectivity index (χ4v) is 1.25. The third-order valence-electron chi connectivity index (χ3n) is 1.84. The van der Waals surface area contributed by atoms with Gasteiger partial charge < -0.3 is 4.74 Å². The maximum absolute atomic E-state index is 11.5. The first-order valence-electron chi connectivity index (χ1n) is 4.42. The van der Waals surface area contributed by atoms with E-state index in [1.54, 1.807) is 18.3 Å². The Morgan fingerprint density at radius 1 is 1.50 bits per heavy atom. The zero-order valence-corrected chi connectivity index (χ0v) is 7.80. The van der Waals surface area contributed by atoms with Crippen molar-refractivity contribution in [1.29, 1.82) is 0 Å². The Hall–Kier alpha value is -1.84.